The fourth-order valence-electron chi connectivity index (χ4n) is 3.12. The monoisotopic (exact) mass is 384 g/mol. The maximum atomic E-state index is 13.1. The second kappa shape index (κ2) is 12.0. The first-order valence-electron chi connectivity index (χ1n) is 9.62. The highest BCUT2D eigenvalue weighted by Crippen LogP contribution is 2.29. The predicted octanol–water partition coefficient (Wildman–Crippen LogP) is 3.90. The summed E-state index contributed by atoms with van der Waals surface area (Å²) in [4.78, 5) is 15.1. The summed E-state index contributed by atoms with van der Waals surface area (Å²) in [6.45, 7) is 10.0. The fourth-order valence-corrected chi connectivity index (χ4v) is 3.12. The van der Waals surface area contributed by atoms with Crippen molar-refractivity contribution in [1.82, 2.24) is 10.2 Å². The summed E-state index contributed by atoms with van der Waals surface area (Å²) in [6.07, 6.45) is 4.06. The van der Waals surface area contributed by atoms with E-state index in [0.29, 0.717) is 24.5 Å². The van der Waals surface area contributed by atoms with Gasteiger partial charge in [-0.15, -0.1) is 12.4 Å². The van der Waals surface area contributed by atoms with Crippen LogP contribution in [0.2, 0.25) is 0 Å². The summed E-state index contributed by atoms with van der Waals surface area (Å²) >= 11 is 0. The van der Waals surface area contributed by atoms with Crippen LogP contribution >= 0.6 is 12.4 Å². The molecule has 0 bridgehead atoms. The van der Waals surface area contributed by atoms with Gasteiger partial charge in [0.05, 0.1) is 13.2 Å². The lowest BCUT2D eigenvalue weighted by Gasteiger charge is -2.28. The Kier molecular flexibility index (Phi) is 10.4. The zero-order chi connectivity index (χ0) is 18.1. The Morgan fingerprint density at radius 3 is 2.62 bits per heavy atom. The lowest BCUT2D eigenvalue weighted by atomic mass is 10.1. The number of ether oxygens (including phenoxy) is 2. The minimum atomic E-state index is 0. The molecule has 1 atom stereocenters. The number of hydrogen-bond acceptors (Lipinski definition) is 4. The number of carbonyl (C=O) groups is 1. The average Bonchev–Trinajstić information content (AvgIpc) is 3.15. The highest BCUT2D eigenvalue weighted by atomic mass is 35.5. The van der Waals surface area contributed by atoms with Gasteiger partial charge in [-0.1, -0.05) is 20.3 Å². The number of benzene rings is 1. The highest BCUT2D eigenvalue weighted by molar-refractivity contribution is 5.95. The van der Waals surface area contributed by atoms with Crippen LogP contribution in [0.3, 0.4) is 0 Å². The molecule has 1 saturated heterocycles. The molecule has 0 aliphatic carbocycles. The number of halogens is 1. The molecule has 1 fully saturated rings. The summed E-state index contributed by atoms with van der Waals surface area (Å²) < 4.78 is 11.5. The third kappa shape index (κ3) is 6.06. The number of nitrogens with one attached hydrogen (secondary N) is 1. The van der Waals surface area contributed by atoms with E-state index >= 15 is 0 Å². The Labute approximate surface area is 163 Å². The van der Waals surface area contributed by atoms with E-state index in [9.17, 15) is 4.79 Å². The van der Waals surface area contributed by atoms with E-state index in [1.54, 1.807) is 0 Å². The number of nitrogens with zero attached hydrogens (tertiary/aromatic N) is 1. The van der Waals surface area contributed by atoms with Gasteiger partial charge in [0, 0.05) is 24.7 Å². The van der Waals surface area contributed by atoms with Gasteiger partial charge < -0.3 is 19.7 Å². The summed E-state index contributed by atoms with van der Waals surface area (Å²) in [5, 5.41) is 3.35. The van der Waals surface area contributed by atoms with Crippen molar-refractivity contribution in [1.29, 1.82) is 0 Å². The van der Waals surface area contributed by atoms with Crippen molar-refractivity contribution in [3.8, 4) is 11.5 Å². The Hall–Kier alpha value is -1.46. The summed E-state index contributed by atoms with van der Waals surface area (Å²) in [6, 6.07) is 5.84. The molecule has 1 unspecified atom stereocenters. The topological polar surface area (TPSA) is 50.8 Å². The van der Waals surface area contributed by atoms with Crippen molar-refractivity contribution in [2.45, 2.75) is 52.5 Å². The van der Waals surface area contributed by atoms with E-state index in [-0.39, 0.29) is 24.4 Å². The molecule has 1 aliphatic rings. The molecule has 0 radical (unpaired) electrons. The molecule has 1 aromatic rings. The predicted molar refractivity (Wildman–Crippen MR) is 108 cm³/mol. The van der Waals surface area contributed by atoms with Crippen molar-refractivity contribution in [2.75, 3.05) is 32.8 Å². The van der Waals surface area contributed by atoms with E-state index in [4.69, 9.17) is 9.47 Å². The summed E-state index contributed by atoms with van der Waals surface area (Å²) in [5.41, 5.74) is 0.673. The van der Waals surface area contributed by atoms with Crippen LogP contribution in [0.25, 0.3) is 0 Å². The van der Waals surface area contributed by atoms with E-state index in [2.05, 4.69) is 19.2 Å². The molecule has 5 nitrogen and oxygen atoms in total. The molecule has 1 aromatic carbocycles. The van der Waals surface area contributed by atoms with E-state index in [0.717, 1.165) is 51.1 Å². The molecule has 148 valence electrons. The van der Waals surface area contributed by atoms with Gasteiger partial charge >= 0.3 is 0 Å². The van der Waals surface area contributed by atoms with Crippen molar-refractivity contribution < 1.29 is 14.3 Å². The van der Waals surface area contributed by atoms with E-state index in [1.807, 2.05) is 30.0 Å². The van der Waals surface area contributed by atoms with Crippen molar-refractivity contribution in [2.24, 2.45) is 0 Å². The van der Waals surface area contributed by atoms with E-state index in [1.165, 1.54) is 0 Å². The Balaban J connectivity index is 0.00000338. The molecule has 1 N–H and O–H groups in total. The third-order valence-electron chi connectivity index (χ3n) is 4.45. The normalized spacial score (nSPS) is 16.0. The molecule has 0 aromatic heterocycles. The van der Waals surface area contributed by atoms with Gasteiger partial charge in [-0.3, -0.25) is 4.79 Å². The van der Waals surface area contributed by atoms with Crippen molar-refractivity contribution >= 4 is 18.3 Å². The van der Waals surface area contributed by atoms with Gasteiger partial charge in [-0.2, -0.15) is 0 Å². The number of carbonyl (C=O) groups excluding carboxylic acids is 1. The molecular weight excluding hydrogens is 352 g/mol. The minimum absolute atomic E-state index is 0. The van der Waals surface area contributed by atoms with Crippen LogP contribution in [0.1, 0.15) is 56.8 Å². The Bertz CT molecular complexity index is 548. The van der Waals surface area contributed by atoms with Crippen LogP contribution < -0.4 is 14.8 Å². The van der Waals surface area contributed by atoms with Crippen LogP contribution in [-0.4, -0.2) is 49.7 Å². The van der Waals surface area contributed by atoms with Crippen LogP contribution in [-0.2, 0) is 0 Å². The quantitative estimate of drug-likeness (QED) is 0.621. The molecule has 2 rings (SSSR count). The molecule has 1 amide bonds. The first-order chi connectivity index (χ1) is 12.2. The van der Waals surface area contributed by atoms with Crippen molar-refractivity contribution in [3.63, 3.8) is 0 Å². The SMILES string of the molecule is CCCCOc1ccc(C(=O)N(CCC)C2CCNC2)cc1OCC.Cl. The molecule has 1 aliphatic heterocycles. The van der Waals surface area contributed by atoms with Crippen LogP contribution in [0.4, 0.5) is 0 Å². The van der Waals surface area contributed by atoms with E-state index < -0.39 is 0 Å². The van der Waals surface area contributed by atoms with Crippen molar-refractivity contribution in [3.05, 3.63) is 23.8 Å². The van der Waals surface area contributed by atoms with Gasteiger partial charge in [-0.05, 0) is 50.9 Å². The lowest BCUT2D eigenvalue weighted by Crippen LogP contribution is -2.42. The summed E-state index contributed by atoms with van der Waals surface area (Å²) in [5.74, 6) is 1.46. The molecule has 6 heteroatoms. The number of unbranched alkanes of at least 4 members (excludes halogenated alkanes) is 1. The van der Waals surface area contributed by atoms with Gasteiger partial charge in [-0.25, -0.2) is 0 Å². The zero-order valence-corrected chi connectivity index (χ0v) is 17.1. The summed E-state index contributed by atoms with van der Waals surface area (Å²) in [7, 11) is 0. The van der Waals surface area contributed by atoms with Crippen LogP contribution in [0.15, 0.2) is 18.2 Å². The van der Waals surface area contributed by atoms with Gasteiger partial charge in [0.25, 0.3) is 5.91 Å². The lowest BCUT2D eigenvalue weighted by molar-refractivity contribution is 0.0691. The molecule has 0 spiro atoms. The third-order valence-corrected chi connectivity index (χ3v) is 4.45. The minimum Gasteiger partial charge on any atom is -0.490 e. The first-order valence-corrected chi connectivity index (χ1v) is 9.62. The van der Waals surface area contributed by atoms with Crippen LogP contribution in [0, 0.1) is 0 Å². The van der Waals surface area contributed by atoms with Gasteiger partial charge in [0.2, 0.25) is 0 Å². The average molecular weight is 385 g/mol. The molecule has 26 heavy (non-hydrogen) atoms. The smallest absolute Gasteiger partial charge is 0.254 e. The second-order valence-electron chi connectivity index (χ2n) is 6.44. The zero-order valence-electron chi connectivity index (χ0n) is 16.3. The number of hydrogen-bond donors (Lipinski definition) is 1. The molecular formula is C20H33ClN2O3. The number of amides is 1. The fraction of sp³-hybridized carbons (Fsp3) is 0.650. The highest BCUT2D eigenvalue weighted by Gasteiger charge is 2.27. The molecule has 1 heterocycles. The maximum absolute atomic E-state index is 13.1. The largest absolute Gasteiger partial charge is 0.490 e. The Morgan fingerprint density at radius 2 is 2.00 bits per heavy atom. The standard InChI is InChI=1S/C20H32N2O3.ClH/c1-4-7-13-25-18-9-8-16(14-19(18)24-6-3)20(23)22(12-5-2)17-10-11-21-15-17;/h8-9,14,17,21H,4-7,10-13,15H2,1-3H3;1H. The maximum Gasteiger partial charge on any atom is 0.254 e. The molecule has 0 saturated carbocycles. The Morgan fingerprint density at radius 1 is 1.19 bits per heavy atom. The number of rotatable bonds is 10. The van der Waals surface area contributed by atoms with Crippen LogP contribution in [0.5, 0.6) is 11.5 Å². The first kappa shape index (κ1) is 22.6. The van der Waals surface area contributed by atoms with Gasteiger partial charge in [0.1, 0.15) is 0 Å². The second-order valence-corrected chi connectivity index (χ2v) is 6.44. The van der Waals surface area contributed by atoms with Gasteiger partial charge in [0.15, 0.2) is 11.5 Å².